The highest BCUT2D eigenvalue weighted by atomic mass is 16.6. The highest BCUT2D eigenvalue weighted by molar-refractivity contribution is 5.70. The van der Waals surface area contributed by atoms with Gasteiger partial charge in [-0.25, -0.2) is 0 Å². The molecule has 0 aliphatic heterocycles. The maximum absolute atomic E-state index is 12.8. The maximum Gasteiger partial charge on any atom is 0.306 e. The topological polar surface area (TPSA) is 82.1 Å². The van der Waals surface area contributed by atoms with Crippen LogP contribution in [0.2, 0.25) is 0 Å². The Bertz CT molecular complexity index is 611. The van der Waals surface area contributed by atoms with Crippen LogP contribution in [-0.2, 0) is 28.6 Å². The van der Waals surface area contributed by atoms with Crippen molar-refractivity contribution in [1.29, 1.82) is 0 Å². The summed E-state index contributed by atoms with van der Waals surface area (Å²) in [5.74, 6) is -0.253. The van der Waals surface area contributed by atoms with Crippen LogP contribution in [0.5, 0.6) is 0 Å². The van der Waals surface area contributed by atoms with Crippen LogP contribution in [0.15, 0.2) is 0 Å². The first-order chi connectivity index (χ1) is 19.1. The lowest BCUT2D eigenvalue weighted by Gasteiger charge is -2.28. The molecule has 0 aromatic carbocycles. The molecule has 0 aromatic heterocycles. The first-order valence-electron chi connectivity index (χ1n) is 16.1. The van der Waals surface area contributed by atoms with Crippen molar-refractivity contribution in [3.63, 3.8) is 0 Å². The molecule has 7 heteroatoms. The fourth-order valence-corrected chi connectivity index (χ4v) is 4.69. The van der Waals surface area contributed by atoms with Gasteiger partial charge >= 0.3 is 17.9 Å². The molecule has 0 heterocycles. The van der Waals surface area contributed by atoms with Crippen molar-refractivity contribution in [2.75, 3.05) is 40.5 Å². The third kappa shape index (κ3) is 21.2. The third-order valence-corrected chi connectivity index (χ3v) is 7.38. The second-order valence-electron chi connectivity index (χ2n) is 12.1. The van der Waals surface area contributed by atoms with Gasteiger partial charge in [-0.05, 0) is 71.5 Å². The standard InChI is InChI=1S/C33H62NO6/c1-8-12-17-28(18-13-9-2)23-31(36)39-26-33(5,25-38-30(35)21-16-22-34(6)7)27-40-32(37)24-29(19-14-10-3)20-15-11-4/h28-29H,5,8-27H2,1-4,6-7H3. The van der Waals surface area contributed by atoms with Crippen molar-refractivity contribution in [3.8, 4) is 0 Å². The monoisotopic (exact) mass is 568 g/mol. The minimum absolute atomic E-state index is 0.0620. The van der Waals surface area contributed by atoms with Gasteiger partial charge in [0.25, 0.3) is 0 Å². The summed E-state index contributed by atoms with van der Waals surface area (Å²) >= 11 is 0. The summed E-state index contributed by atoms with van der Waals surface area (Å²) in [6.07, 6.45) is 14.6. The second-order valence-corrected chi connectivity index (χ2v) is 12.1. The van der Waals surface area contributed by atoms with E-state index in [-0.39, 0.29) is 37.7 Å². The van der Waals surface area contributed by atoms with Gasteiger partial charge in [0.1, 0.15) is 19.8 Å². The average Bonchev–Trinajstić information content (AvgIpc) is 2.92. The van der Waals surface area contributed by atoms with E-state index in [0.29, 0.717) is 37.5 Å². The van der Waals surface area contributed by atoms with Crippen LogP contribution < -0.4 is 0 Å². The Labute approximate surface area is 246 Å². The molecule has 0 fully saturated rings. The number of hydrogen-bond acceptors (Lipinski definition) is 7. The molecule has 7 nitrogen and oxygen atoms in total. The summed E-state index contributed by atoms with van der Waals surface area (Å²) in [4.78, 5) is 39.9. The summed E-state index contributed by atoms with van der Waals surface area (Å²) in [6.45, 7) is 13.4. The Morgan fingerprint density at radius 3 is 1.30 bits per heavy atom. The Morgan fingerprint density at radius 1 is 0.625 bits per heavy atom. The molecule has 40 heavy (non-hydrogen) atoms. The Hall–Kier alpha value is -1.63. The molecule has 0 N–H and O–H groups in total. The van der Waals surface area contributed by atoms with Gasteiger partial charge in [-0.15, -0.1) is 0 Å². The largest absolute Gasteiger partial charge is 0.465 e. The summed E-state index contributed by atoms with van der Waals surface area (Å²) in [5, 5.41) is 0. The molecular weight excluding hydrogens is 506 g/mol. The van der Waals surface area contributed by atoms with E-state index in [1.54, 1.807) is 0 Å². The van der Waals surface area contributed by atoms with E-state index in [9.17, 15) is 14.4 Å². The van der Waals surface area contributed by atoms with Gasteiger partial charge in [0.05, 0.1) is 5.41 Å². The number of esters is 3. The molecule has 0 unspecified atom stereocenters. The van der Waals surface area contributed by atoms with E-state index >= 15 is 0 Å². The lowest BCUT2D eigenvalue weighted by molar-refractivity contribution is -0.159. The minimum atomic E-state index is -1.05. The molecule has 1 radical (unpaired) electrons. The first kappa shape index (κ1) is 38.4. The van der Waals surface area contributed by atoms with E-state index < -0.39 is 5.41 Å². The molecule has 0 rings (SSSR count). The third-order valence-electron chi connectivity index (χ3n) is 7.38. The molecule has 235 valence electrons. The van der Waals surface area contributed by atoms with Gasteiger partial charge in [-0.1, -0.05) is 79.1 Å². The number of hydrogen-bond donors (Lipinski definition) is 0. The number of unbranched alkanes of at least 4 members (excludes halogenated alkanes) is 4. The molecular formula is C33H62NO6. The quantitative estimate of drug-likeness (QED) is 0.0787. The van der Waals surface area contributed by atoms with Crippen molar-refractivity contribution in [1.82, 2.24) is 4.90 Å². The van der Waals surface area contributed by atoms with Gasteiger partial charge < -0.3 is 19.1 Å². The SMILES string of the molecule is [CH2]C(COC(=O)CCCN(C)C)(COC(=O)CC(CCCC)CCCC)COC(=O)CC(CCCC)CCCC. The lowest BCUT2D eigenvalue weighted by atomic mass is 9.92. The maximum atomic E-state index is 12.8. The van der Waals surface area contributed by atoms with Crippen molar-refractivity contribution >= 4 is 17.9 Å². The zero-order valence-corrected chi connectivity index (χ0v) is 26.9. The van der Waals surface area contributed by atoms with Crippen LogP contribution in [0, 0.1) is 24.2 Å². The van der Waals surface area contributed by atoms with E-state index in [2.05, 4.69) is 34.6 Å². The first-order valence-corrected chi connectivity index (χ1v) is 16.1. The fraction of sp³-hybridized carbons (Fsp3) is 0.879. The normalized spacial score (nSPS) is 11.8. The second kappa shape index (κ2) is 24.0. The van der Waals surface area contributed by atoms with Crippen molar-refractivity contribution in [3.05, 3.63) is 6.92 Å². The Morgan fingerprint density at radius 2 is 0.975 bits per heavy atom. The fourth-order valence-electron chi connectivity index (χ4n) is 4.69. The number of carbonyl (C=O) groups is 3. The van der Waals surface area contributed by atoms with E-state index in [0.717, 1.165) is 83.6 Å². The smallest absolute Gasteiger partial charge is 0.306 e. The van der Waals surface area contributed by atoms with Crippen molar-refractivity contribution < 1.29 is 28.6 Å². The van der Waals surface area contributed by atoms with Gasteiger partial charge in [-0.2, -0.15) is 0 Å². The molecule has 0 spiro atoms. The van der Waals surface area contributed by atoms with Crippen LogP contribution in [0.1, 0.15) is 130 Å². The highest BCUT2D eigenvalue weighted by Gasteiger charge is 2.31. The van der Waals surface area contributed by atoms with E-state index in [4.69, 9.17) is 14.2 Å². The minimum Gasteiger partial charge on any atom is -0.465 e. The van der Waals surface area contributed by atoms with Crippen LogP contribution in [0.4, 0.5) is 0 Å². The summed E-state index contributed by atoms with van der Waals surface area (Å²) < 4.78 is 16.9. The van der Waals surface area contributed by atoms with Gasteiger partial charge in [0.15, 0.2) is 0 Å². The van der Waals surface area contributed by atoms with Gasteiger partial charge in [0.2, 0.25) is 0 Å². The predicted octanol–water partition coefficient (Wildman–Crippen LogP) is 7.55. The summed E-state index contributed by atoms with van der Waals surface area (Å²) in [6, 6.07) is 0. The van der Waals surface area contributed by atoms with Crippen molar-refractivity contribution in [2.24, 2.45) is 17.3 Å². The highest BCUT2D eigenvalue weighted by Crippen LogP contribution is 2.25. The average molecular weight is 569 g/mol. The molecule has 0 aliphatic rings. The van der Waals surface area contributed by atoms with Crippen LogP contribution in [0.25, 0.3) is 0 Å². The number of carbonyl (C=O) groups excluding carboxylic acids is 3. The van der Waals surface area contributed by atoms with Crippen molar-refractivity contribution in [2.45, 2.75) is 130 Å². The molecule has 0 amide bonds. The summed E-state index contributed by atoms with van der Waals surface area (Å²) in [7, 11) is 3.91. The predicted molar refractivity (Wildman–Crippen MR) is 163 cm³/mol. The van der Waals surface area contributed by atoms with Gasteiger partial charge in [0, 0.05) is 19.3 Å². The number of rotatable bonds is 26. The van der Waals surface area contributed by atoms with E-state index in [1.165, 1.54) is 0 Å². The van der Waals surface area contributed by atoms with E-state index in [1.807, 2.05) is 19.0 Å². The molecule has 0 aromatic rings. The molecule has 0 aliphatic carbocycles. The molecule has 0 bridgehead atoms. The molecule has 0 atom stereocenters. The Kier molecular flexibility index (Phi) is 23.0. The van der Waals surface area contributed by atoms with Crippen LogP contribution in [0.3, 0.4) is 0 Å². The number of nitrogens with zero attached hydrogens (tertiary/aromatic N) is 1. The molecule has 0 saturated carbocycles. The number of ether oxygens (including phenoxy) is 3. The molecule has 0 saturated heterocycles. The van der Waals surface area contributed by atoms with Crippen LogP contribution in [-0.4, -0.2) is 63.3 Å². The van der Waals surface area contributed by atoms with Gasteiger partial charge in [-0.3, -0.25) is 14.4 Å². The summed E-state index contributed by atoms with van der Waals surface area (Å²) in [5.41, 5.74) is -1.05. The zero-order valence-electron chi connectivity index (χ0n) is 26.9. The Balaban J connectivity index is 5.18. The van der Waals surface area contributed by atoms with Crippen LogP contribution >= 0.6 is 0 Å². The lowest BCUT2D eigenvalue weighted by Crippen LogP contribution is -2.37. The zero-order chi connectivity index (χ0) is 30.2.